The molecular weight excluding hydrogens is 905 g/mol. The fourth-order valence-corrected chi connectivity index (χ4v) is 9.49. The van der Waals surface area contributed by atoms with E-state index in [2.05, 4.69) is 143 Å². The monoisotopic (exact) mass is 953 g/mol. The second-order valence-electron chi connectivity index (χ2n) is 16.4. The van der Waals surface area contributed by atoms with Gasteiger partial charge in [-0.15, -0.1) is 53.6 Å². The number of benzene rings is 5. The number of fused-ring (bicyclic) bond motifs is 4. The number of aryl methyl sites for hydroxylation is 3. The molecule has 7 heteroatoms. The molecule has 5 aromatic carbocycles. The maximum Gasteiger partial charge on any atom is 0.216 e. The van der Waals surface area contributed by atoms with Gasteiger partial charge >= 0.3 is 0 Å². The van der Waals surface area contributed by atoms with Crippen LogP contribution >= 0.6 is 0 Å². The number of nitrogens with zero attached hydrogens (tertiary/aromatic N) is 4. The van der Waals surface area contributed by atoms with Gasteiger partial charge in [-0.2, -0.15) is 0 Å². The summed E-state index contributed by atoms with van der Waals surface area (Å²) in [4.78, 5) is 14.7. The Morgan fingerprint density at radius 1 is 0.741 bits per heavy atom. The Kier molecular flexibility index (Phi) is 11.8. The van der Waals surface area contributed by atoms with Crippen LogP contribution in [0.25, 0.3) is 72.7 Å². The van der Waals surface area contributed by atoms with Crippen LogP contribution in [0.4, 0.5) is 0 Å². The second kappa shape index (κ2) is 16.8. The zero-order chi connectivity index (χ0) is 39.8. The van der Waals surface area contributed by atoms with Crippen LogP contribution in [0.2, 0.25) is 19.6 Å². The first-order chi connectivity index (χ1) is 27.5. The van der Waals surface area contributed by atoms with E-state index in [4.69, 9.17) is 14.4 Å². The molecule has 0 spiro atoms. The van der Waals surface area contributed by atoms with Gasteiger partial charge in [-0.3, -0.25) is 4.98 Å². The van der Waals surface area contributed by atoms with Crippen molar-refractivity contribution in [2.75, 3.05) is 0 Å². The number of rotatable bonds is 7. The van der Waals surface area contributed by atoms with E-state index in [1.54, 1.807) is 0 Å². The third-order valence-corrected chi connectivity index (χ3v) is 12.6. The van der Waals surface area contributed by atoms with Crippen LogP contribution in [0.15, 0.2) is 132 Å². The van der Waals surface area contributed by atoms with Gasteiger partial charge in [0.1, 0.15) is 0 Å². The molecule has 293 valence electrons. The van der Waals surface area contributed by atoms with E-state index in [0.29, 0.717) is 11.6 Å². The van der Waals surface area contributed by atoms with E-state index >= 15 is 0 Å². The number of pyridine rings is 2. The molecule has 0 unspecified atom stereocenters. The molecule has 0 atom stereocenters. The van der Waals surface area contributed by atoms with Gasteiger partial charge in [0.25, 0.3) is 0 Å². The average molecular weight is 953 g/mol. The van der Waals surface area contributed by atoms with Gasteiger partial charge in [-0.1, -0.05) is 112 Å². The Bertz CT molecular complexity index is 2850. The van der Waals surface area contributed by atoms with Crippen LogP contribution in [0.5, 0.6) is 0 Å². The van der Waals surface area contributed by atoms with Crippen molar-refractivity contribution in [1.29, 1.82) is 0 Å². The molecule has 0 bridgehead atoms. The number of imidazole rings is 1. The van der Waals surface area contributed by atoms with Gasteiger partial charge in [-0.05, 0) is 84.6 Å². The van der Waals surface area contributed by atoms with Crippen molar-refractivity contribution in [2.24, 2.45) is 5.92 Å². The first kappa shape index (κ1) is 40.7. The van der Waals surface area contributed by atoms with Gasteiger partial charge in [0.2, 0.25) is 5.71 Å². The molecule has 0 saturated heterocycles. The van der Waals surface area contributed by atoms with Crippen molar-refractivity contribution in [3.05, 3.63) is 162 Å². The Hall–Kier alpha value is -5.46. The second-order valence-corrected chi connectivity index (χ2v) is 21.5. The molecule has 9 aromatic rings. The molecule has 4 heterocycles. The normalized spacial score (nSPS) is 11.5. The van der Waals surface area contributed by atoms with Crippen LogP contribution in [0.1, 0.15) is 36.1 Å². The van der Waals surface area contributed by atoms with Crippen molar-refractivity contribution >= 4 is 46.4 Å². The van der Waals surface area contributed by atoms with Crippen molar-refractivity contribution in [3.8, 4) is 39.6 Å². The average Bonchev–Trinajstić information content (AvgIpc) is 3.78. The standard InChI is InChI=1S/C33H24N3O.C18H24NSi.Ir/c1-20-10-9-11-21(2)29(20)27-19-18-24-30-22(3)16-17-25(31(30)37-33(24)35-27)32-34-26-14-7-8-15-28(26)36(32)23-12-5-4-6-13-23;1-14(2)11-16-12-17(15-9-7-6-8-10-15)19-13-18(16)20(3,4)5;/h4-16,18-19H,1-3H3;6-9,12-14H,11H2,1-5H3;/q2*-1;. The minimum absolute atomic E-state index is 0. The first-order valence-electron chi connectivity index (χ1n) is 19.8. The first-order valence-corrected chi connectivity index (χ1v) is 23.3. The summed E-state index contributed by atoms with van der Waals surface area (Å²) in [5.41, 5.74) is 14.4. The summed E-state index contributed by atoms with van der Waals surface area (Å²) < 4.78 is 8.73. The molecule has 9 rings (SSSR count). The summed E-state index contributed by atoms with van der Waals surface area (Å²) >= 11 is 0. The molecular formula is C51H48IrN4OSi-2. The molecule has 0 fully saturated rings. The zero-order valence-corrected chi connectivity index (χ0v) is 37.8. The van der Waals surface area contributed by atoms with Gasteiger partial charge in [0.05, 0.1) is 36.2 Å². The minimum atomic E-state index is -1.34. The minimum Gasteiger partial charge on any atom is -0.486 e. The van der Waals surface area contributed by atoms with Gasteiger partial charge in [0, 0.05) is 42.9 Å². The fourth-order valence-electron chi connectivity index (χ4n) is 7.90. The predicted octanol–water partition coefficient (Wildman–Crippen LogP) is 12.7. The van der Waals surface area contributed by atoms with E-state index < -0.39 is 8.07 Å². The van der Waals surface area contributed by atoms with E-state index in [9.17, 15) is 0 Å². The summed E-state index contributed by atoms with van der Waals surface area (Å²) in [6, 6.07) is 48.2. The quantitative estimate of drug-likeness (QED) is 0.118. The van der Waals surface area contributed by atoms with Crippen LogP contribution in [0, 0.1) is 38.8 Å². The maximum atomic E-state index is 6.55. The molecule has 0 aliphatic carbocycles. The van der Waals surface area contributed by atoms with Gasteiger partial charge in [-0.25, -0.2) is 4.98 Å². The Balaban J connectivity index is 0.000000208. The smallest absolute Gasteiger partial charge is 0.216 e. The Labute approximate surface area is 356 Å². The van der Waals surface area contributed by atoms with E-state index in [0.717, 1.165) is 79.0 Å². The SMILES string of the molecule is CC(C)Cc1cc(-c2[c-]cccc2)ncc1[Si](C)(C)C.Cc1cccc(C)c1-c1ccc2c(n1)oc1c(-c3nc4ccccc4n3-c3ccccc3)[c-]cc(C)c12.[Ir]. The molecule has 0 aliphatic heterocycles. The number of hydrogen-bond acceptors (Lipinski definition) is 4. The van der Waals surface area contributed by atoms with E-state index in [-0.39, 0.29) is 20.1 Å². The van der Waals surface area contributed by atoms with Gasteiger partial charge in [0.15, 0.2) is 0 Å². The topological polar surface area (TPSA) is 56.7 Å². The molecule has 4 aromatic heterocycles. The van der Waals surface area contributed by atoms with Crippen molar-refractivity contribution in [2.45, 2.75) is 60.7 Å². The number of furan rings is 1. The largest absolute Gasteiger partial charge is 0.486 e. The summed E-state index contributed by atoms with van der Waals surface area (Å²) in [5.74, 6) is 1.46. The van der Waals surface area contributed by atoms with Crippen LogP contribution in [-0.4, -0.2) is 27.6 Å². The summed E-state index contributed by atoms with van der Waals surface area (Å²) in [7, 11) is -1.34. The van der Waals surface area contributed by atoms with Gasteiger partial charge < -0.3 is 14.0 Å². The van der Waals surface area contributed by atoms with Crippen LogP contribution in [0.3, 0.4) is 0 Å². The number of aromatic nitrogens is 4. The van der Waals surface area contributed by atoms with E-state index in [1.807, 2.05) is 60.7 Å². The van der Waals surface area contributed by atoms with Crippen LogP contribution in [-0.2, 0) is 26.5 Å². The Morgan fingerprint density at radius 2 is 1.47 bits per heavy atom. The summed E-state index contributed by atoms with van der Waals surface area (Å²) in [6.07, 6.45) is 3.24. The maximum absolute atomic E-state index is 6.55. The molecule has 0 amide bonds. The molecule has 5 nitrogen and oxygen atoms in total. The molecule has 0 saturated carbocycles. The third-order valence-electron chi connectivity index (χ3n) is 10.6. The zero-order valence-electron chi connectivity index (χ0n) is 34.4. The number of hydrogen-bond donors (Lipinski definition) is 0. The van der Waals surface area contributed by atoms with E-state index in [1.165, 1.54) is 21.9 Å². The van der Waals surface area contributed by atoms with Crippen molar-refractivity contribution < 1.29 is 24.5 Å². The molecule has 58 heavy (non-hydrogen) atoms. The third kappa shape index (κ3) is 8.00. The molecule has 0 N–H and O–H groups in total. The molecule has 1 radical (unpaired) electrons. The fraction of sp³-hybridized carbons (Fsp3) is 0.196. The predicted molar refractivity (Wildman–Crippen MR) is 240 cm³/mol. The van der Waals surface area contributed by atoms with Crippen molar-refractivity contribution in [1.82, 2.24) is 19.5 Å². The summed E-state index contributed by atoms with van der Waals surface area (Å²) in [5, 5.41) is 3.54. The summed E-state index contributed by atoms with van der Waals surface area (Å²) in [6.45, 7) is 18.1. The number of para-hydroxylation sites is 3. The molecule has 0 aliphatic rings. The van der Waals surface area contributed by atoms with Crippen molar-refractivity contribution in [3.63, 3.8) is 0 Å². The Morgan fingerprint density at radius 3 is 2.17 bits per heavy atom. The van der Waals surface area contributed by atoms with Crippen LogP contribution < -0.4 is 5.19 Å².